The number of hydrazine groups is 1. The fourth-order valence-electron chi connectivity index (χ4n) is 4.87. The van der Waals surface area contributed by atoms with Crippen molar-refractivity contribution in [3.8, 4) is 0 Å². The van der Waals surface area contributed by atoms with Crippen LogP contribution in [-0.4, -0.2) is 72.0 Å². The molecule has 0 aromatic carbocycles. The standard InChI is InChI=1S/C17H28N4O2/c22-15-17(16(23)21-12-3-1-2-11-20(15)21)7-4-10-19(13-17)14-5-8-18-9-6-14/h14,18H,1-13H2. The van der Waals surface area contributed by atoms with Gasteiger partial charge in [0.25, 0.3) is 11.8 Å². The molecule has 0 saturated carbocycles. The highest BCUT2D eigenvalue weighted by Gasteiger charge is 2.59. The van der Waals surface area contributed by atoms with Crippen LogP contribution in [0.15, 0.2) is 0 Å². The molecule has 6 heteroatoms. The Morgan fingerprint density at radius 1 is 0.870 bits per heavy atom. The van der Waals surface area contributed by atoms with Gasteiger partial charge in [-0.15, -0.1) is 0 Å². The third-order valence-corrected chi connectivity index (χ3v) is 6.17. The van der Waals surface area contributed by atoms with Gasteiger partial charge < -0.3 is 5.32 Å². The zero-order chi connectivity index (χ0) is 15.9. The van der Waals surface area contributed by atoms with Crippen LogP contribution in [0.5, 0.6) is 0 Å². The minimum Gasteiger partial charge on any atom is -0.317 e. The van der Waals surface area contributed by atoms with Crippen molar-refractivity contribution in [3.63, 3.8) is 0 Å². The maximum Gasteiger partial charge on any atom is 0.258 e. The van der Waals surface area contributed by atoms with Crippen LogP contribution in [0, 0.1) is 5.41 Å². The molecule has 0 aliphatic carbocycles. The first-order valence-electron chi connectivity index (χ1n) is 9.31. The molecule has 4 aliphatic rings. The van der Waals surface area contributed by atoms with E-state index in [4.69, 9.17) is 0 Å². The van der Waals surface area contributed by atoms with E-state index in [0.717, 1.165) is 77.7 Å². The molecule has 4 aliphatic heterocycles. The summed E-state index contributed by atoms with van der Waals surface area (Å²) in [7, 11) is 0. The van der Waals surface area contributed by atoms with Crippen molar-refractivity contribution in [2.45, 2.75) is 51.0 Å². The van der Waals surface area contributed by atoms with Gasteiger partial charge in [-0.25, -0.2) is 0 Å². The van der Waals surface area contributed by atoms with E-state index in [9.17, 15) is 9.59 Å². The molecule has 6 nitrogen and oxygen atoms in total. The Morgan fingerprint density at radius 2 is 1.52 bits per heavy atom. The highest BCUT2D eigenvalue weighted by Crippen LogP contribution is 2.41. The Hall–Kier alpha value is -1.14. The number of nitrogens with one attached hydrogen (secondary N) is 1. The molecule has 0 bridgehead atoms. The van der Waals surface area contributed by atoms with Gasteiger partial charge in [0.15, 0.2) is 0 Å². The molecule has 0 atom stereocenters. The molecule has 4 rings (SSSR count). The Kier molecular flexibility index (Phi) is 4.05. The molecule has 23 heavy (non-hydrogen) atoms. The van der Waals surface area contributed by atoms with E-state index < -0.39 is 5.41 Å². The number of likely N-dealkylation sites (tertiary alicyclic amines) is 1. The molecule has 4 heterocycles. The predicted octanol–water partition coefficient (Wildman–Crippen LogP) is 0.590. The Balaban J connectivity index is 1.56. The lowest BCUT2D eigenvalue weighted by molar-refractivity contribution is -0.145. The zero-order valence-electron chi connectivity index (χ0n) is 13.9. The van der Waals surface area contributed by atoms with Gasteiger partial charge in [-0.1, -0.05) is 0 Å². The van der Waals surface area contributed by atoms with E-state index in [1.807, 2.05) is 0 Å². The van der Waals surface area contributed by atoms with Gasteiger partial charge in [-0.05, 0) is 64.6 Å². The molecular weight excluding hydrogens is 292 g/mol. The fourth-order valence-corrected chi connectivity index (χ4v) is 4.87. The zero-order valence-corrected chi connectivity index (χ0v) is 13.9. The monoisotopic (exact) mass is 320 g/mol. The average Bonchev–Trinajstić information content (AvgIpc) is 2.80. The first kappa shape index (κ1) is 15.4. The van der Waals surface area contributed by atoms with Crippen LogP contribution in [-0.2, 0) is 9.59 Å². The van der Waals surface area contributed by atoms with Crippen LogP contribution in [0.25, 0.3) is 0 Å². The van der Waals surface area contributed by atoms with Gasteiger partial charge in [-0.3, -0.25) is 24.5 Å². The first-order valence-corrected chi connectivity index (χ1v) is 9.31. The normalized spacial score (nSPS) is 29.9. The number of hydrogen-bond donors (Lipinski definition) is 1. The van der Waals surface area contributed by atoms with Crippen LogP contribution < -0.4 is 5.32 Å². The van der Waals surface area contributed by atoms with E-state index in [1.165, 1.54) is 0 Å². The fraction of sp³-hybridized carbons (Fsp3) is 0.882. The number of piperidine rings is 2. The van der Waals surface area contributed by atoms with Crippen molar-refractivity contribution >= 4 is 11.8 Å². The van der Waals surface area contributed by atoms with Crippen molar-refractivity contribution in [1.82, 2.24) is 20.2 Å². The summed E-state index contributed by atoms with van der Waals surface area (Å²) in [6, 6.07) is 0.532. The van der Waals surface area contributed by atoms with Crippen molar-refractivity contribution in [2.24, 2.45) is 5.41 Å². The first-order chi connectivity index (χ1) is 11.2. The topological polar surface area (TPSA) is 55.9 Å². The summed E-state index contributed by atoms with van der Waals surface area (Å²) in [5.41, 5.74) is -0.777. The van der Waals surface area contributed by atoms with Crippen molar-refractivity contribution < 1.29 is 9.59 Å². The van der Waals surface area contributed by atoms with Crippen LogP contribution in [0.4, 0.5) is 0 Å². The second-order valence-electron chi connectivity index (χ2n) is 7.55. The predicted molar refractivity (Wildman–Crippen MR) is 86.4 cm³/mol. The number of nitrogens with zero attached hydrogens (tertiary/aromatic N) is 3. The smallest absolute Gasteiger partial charge is 0.258 e. The Morgan fingerprint density at radius 3 is 2.17 bits per heavy atom. The SMILES string of the molecule is O=C1N2CCCCCN2C(=O)C12CCCN(C1CCNCC1)C2. The number of fused-ring (bicyclic) bond motifs is 1. The number of hydrogen-bond acceptors (Lipinski definition) is 4. The molecule has 1 spiro atoms. The molecule has 4 saturated heterocycles. The lowest BCUT2D eigenvalue weighted by Crippen LogP contribution is -2.55. The lowest BCUT2D eigenvalue weighted by Gasteiger charge is -2.42. The van der Waals surface area contributed by atoms with Crippen LogP contribution in [0.2, 0.25) is 0 Å². The summed E-state index contributed by atoms with van der Waals surface area (Å²) in [5.74, 6) is 0.172. The number of amides is 2. The Bertz CT molecular complexity index is 465. The van der Waals surface area contributed by atoms with Crippen LogP contribution in [0.1, 0.15) is 44.9 Å². The molecule has 0 aromatic rings. The van der Waals surface area contributed by atoms with E-state index >= 15 is 0 Å². The third-order valence-electron chi connectivity index (χ3n) is 6.17. The lowest BCUT2D eigenvalue weighted by atomic mass is 9.78. The van der Waals surface area contributed by atoms with Crippen LogP contribution >= 0.6 is 0 Å². The maximum absolute atomic E-state index is 13.1. The molecule has 2 amide bonds. The second-order valence-corrected chi connectivity index (χ2v) is 7.55. The molecular formula is C17H28N4O2. The summed E-state index contributed by atoms with van der Waals surface area (Å²) in [6.45, 7) is 5.22. The van der Waals surface area contributed by atoms with Crippen molar-refractivity contribution in [1.29, 1.82) is 0 Å². The van der Waals surface area contributed by atoms with Gasteiger partial charge in [0.1, 0.15) is 5.41 Å². The molecule has 4 fully saturated rings. The van der Waals surface area contributed by atoms with Gasteiger partial charge >= 0.3 is 0 Å². The summed E-state index contributed by atoms with van der Waals surface area (Å²) >= 11 is 0. The minimum absolute atomic E-state index is 0.0861. The Labute approximate surface area is 138 Å². The average molecular weight is 320 g/mol. The quantitative estimate of drug-likeness (QED) is 0.719. The van der Waals surface area contributed by atoms with Crippen LogP contribution in [0.3, 0.4) is 0 Å². The number of carbonyl (C=O) groups is 2. The number of carbonyl (C=O) groups excluding carboxylic acids is 2. The summed E-state index contributed by atoms with van der Waals surface area (Å²) in [5, 5.41) is 6.96. The van der Waals surface area contributed by atoms with Crippen molar-refractivity contribution in [2.75, 3.05) is 39.3 Å². The third kappa shape index (κ3) is 2.47. The molecule has 0 aromatic heterocycles. The largest absolute Gasteiger partial charge is 0.317 e. The molecule has 0 unspecified atom stereocenters. The minimum atomic E-state index is -0.777. The molecule has 0 radical (unpaired) electrons. The summed E-state index contributed by atoms with van der Waals surface area (Å²) in [4.78, 5) is 28.7. The van der Waals surface area contributed by atoms with E-state index in [0.29, 0.717) is 12.6 Å². The maximum atomic E-state index is 13.1. The van der Waals surface area contributed by atoms with Gasteiger partial charge in [0.05, 0.1) is 0 Å². The highest BCUT2D eigenvalue weighted by molar-refractivity contribution is 6.10. The van der Waals surface area contributed by atoms with Gasteiger partial charge in [0, 0.05) is 25.7 Å². The van der Waals surface area contributed by atoms with Crippen molar-refractivity contribution in [3.05, 3.63) is 0 Å². The summed E-state index contributed by atoms with van der Waals surface area (Å²) in [6.07, 6.45) is 7.11. The number of rotatable bonds is 1. The van der Waals surface area contributed by atoms with Gasteiger partial charge in [-0.2, -0.15) is 0 Å². The van der Waals surface area contributed by atoms with Gasteiger partial charge in [0.2, 0.25) is 0 Å². The van der Waals surface area contributed by atoms with E-state index in [-0.39, 0.29) is 11.8 Å². The van der Waals surface area contributed by atoms with E-state index in [1.54, 1.807) is 10.0 Å². The summed E-state index contributed by atoms with van der Waals surface area (Å²) < 4.78 is 0. The molecule has 128 valence electrons. The highest BCUT2D eigenvalue weighted by atomic mass is 16.2. The second kappa shape index (κ2) is 6.06. The van der Waals surface area contributed by atoms with E-state index in [2.05, 4.69) is 10.2 Å². The molecule has 1 N–H and O–H groups in total.